The van der Waals surface area contributed by atoms with Gasteiger partial charge < -0.3 is 9.47 Å². The van der Waals surface area contributed by atoms with Gasteiger partial charge in [0.1, 0.15) is 11.2 Å². The van der Waals surface area contributed by atoms with Crippen molar-refractivity contribution in [2.45, 2.75) is 59.7 Å². The topological polar surface area (TPSA) is 132 Å². The van der Waals surface area contributed by atoms with Crippen molar-refractivity contribution in [1.29, 1.82) is 0 Å². The highest BCUT2D eigenvalue weighted by Crippen LogP contribution is 2.22. The van der Waals surface area contributed by atoms with Crippen molar-refractivity contribution in [3.05, 3.63) is 33.9 Å². The van der Waals surface area contributed by atoms with Crippen LogP contribution in [0.15, 0.2) is 23.2 Å². The molecule has 0 unspecified atom stereocenters. The van der Waals surface area contributed by atoms with E-state index in [1.54, 1.807) is 54.5 Å². The molecule has 154 valence electrons. The van der Waals surface area contributed by atoms with E-state index in [1.165, 1.54) is 12.1 Å². The van der Waals surface area contributed by atoms with Crippen LogP contribution >= 0.6 is 0 Å². The van der Waals surface area contributed by atoms with E-state index in [1.807, 2.05) is 0 Å². The Kier molecular flexibility index (Phi) is 7.09. The average molecular weight is 394 g/mol. The van der Waals surface area contributed by atoms with Gasteiger partial charge in [0.05, 0.1) is 10.6 Å². The number of aryl methyl sites for hydroxylation is 1. The first-order chi connectivity index (χ1) is 12.6. The lowest BCUT2D eigenvalue weighted by molar-refractivity contribution is -0.384. The molecule has 2 N–H and O–H groups in total. The first-order valence-electron chi connectivity index (χ1n) is 8.49. The number of amides is 2. The summed E-state index contributed by atoms with van der Waals surface area (Å²) < 4.78 is 10.3. The summed E-state index contributed by atoms with van der Waals surface area (Å²) in [5.41, 5.74) is -0.977. The maximum Gasteiger partial charge on any atom is 0.414 e. The van der Waals surface area contributed by atoms with E-state index >= 15 is 0 Å². The molecule has 0 saturated carbocycles. The Morgan fingerprint density at radius 3 is 1.82 bits per heavy atom. The molecule has 0 fully saturated rings. The van der Waals surface area contributed by atoms with Crippen LogP contribution in [-0.2, 0) is 9.47 Å². The minimum atomic E-state index is -0.857. The number of benzene rings is 1. The average Bonchev–Trinajstić information content (AvgIpc) is 2.41. The molecule has 2 amide bonds. The Labute approximate surface area is 163 Å². The largest absolute Gasteiger partial charge is 0.444 e. The van der Waals surface area contributed by atoms with Crippen LogP contribution in [0.5, 0.6) is 0 Å². The van der Waals surface area contributed by atoms with Crippen LogP contribution < -0.4 is 10.6 Å². The highest BCUT2D eigenvalue weighted by molar-refractivity contribution is 6.02. The maximum absolute atomic E-state index is 12.1. The Balaban J connectivity index is 3.18. The summed E-state index contributed by atoms with van der Waals surface area (Å²) >= 11 is 0. The van der Waals surface area contributed by atoms with E-state index in [0.717, 1.165) is 0 Å². The minimum absolute atomic E-state index is 0.161. The van der Waals surface area contributed by atoms with E-state index in [-0.39, 0.29) is 17.3 Å². The second kappa shape index (κ2) is 8.68. The Morgan fingerprint density at radius 1 is 0.964 bits per heavy atom. The fourth-order valence-corrected chi connectivity index (χ4v) is 1.93. The van der Waals surface area contributed by atoms with Crippen LogP contribution in [-0.4, -0.2) is 34.3 Å². The van der Waals surface area contributed by atoms with Crippen molar-refractivity contribution in [1.82, 2.24) is 10.6 Å². The van der Waals surface area contributed by atoms with Crippen molar-refractivity contribution < 1.29 is 24.0 Å². The molecule has 1 rings (SSSR count). The van der Waals surface area contributed by atoms with Crippen molar-refractivity contribution in [3.63, 3.8) is 0 Å². The van der Waals surface area contributed by atoms with Crippen molar-refractivity contribution >= 4 is 29.5 Å². The van der Waals surface area contributed by atoms with Gasteiger partial charge in [0.15, 0.2) is 0 Å². The quantitative estimate of drug-likeness (QED) is 0.338. The highest BCUT2D eigenvalue weighted by atomic mass is 16.6. The van der Waals surface area contributed by atoms with Gasteiger partial charge in [0.2, 0.25) is 5.96 Å². The molecule has 0 bridgehead atoms. The zero-order chi connectivity index (χ0) is 21.7. The number of guanidine groups is 1. The molecule has 0 aliphatic rings. The fourth-order valence-electron chi connectivity index (χ4n) is 1.93. The molecular formula is C18H26N4O6. The molecule has 0 aliphatic carbocycles. The maximum atomic E-state index is 12.1. The molecule has 28 heavy (non-hydrogen) atoms. The first kappa shape index (κ1) is 22.9. The molecular weight excluding hydrogens is 368 g/mol. The van der Waals surface area contributed by atoms with Crippen LogP contribution in [0.3, 0.4) is 0 Å². The van der Waals surface area contributed by atoms with Crippen LogP contribution in [0.1, 0.15) is 47.1 Å². The monoisotopic (exact) mass is 394 g/mol. The van der Waals surface area contributed by atoms with Gasteiger partial charge in [-0.05, 0) is 60.1 Å². The van der Waals surface area contributed by atoms with E-state index in [4.69, 9.17) is 9.47 Å². The predicted molar refractivity (Wildman–Crippen MR) is 104 cm³/mol. The van der Waals surface area contributed by atoms with Gasteiger partial charge in [0.25, 0.3) is 5.69 Å². The molecule has 1 aromatic carbocycles. The van der Waals surface area contributed by atoms with Crippen LogP contribution in [0.25, 0.3) is 0 Å². The molecule has 10 nitrogen and oxygen atoms in total. The zero-order valence-corrected chi connectivity index (χ0v) is 17.1. The number of nitro groups is 1. The molecule has 0 spiro atoms. The van der Waals surface area contributed by atoms with Crippen LogP contribution in [0, 0.1) is 17.0 Å². The van der Waals surface area contributed by atoms with Gasteiger partial charge >= 0.3 is 12.2 Å². The zero-order valence-electron chi connectivity index (χ0n) is 17.1. The molecule has 0 heterocycles. The molecule has 0 atom stereocenters. The van der Waals surface area contributed by atoms with Gasteiger partial charge in [-0.1, -0.05) is 0 Å². The van der Waals surface area contributed by atoms with E-state index in [2.05, 4.69) is 15.6 Å². The minimum Gasteiger partial charge on any atom is -0.444 e. The van der Waals surface area contributed by atoms with E-state index < -0.39 is 28.3 Å². The number of carbonyl (C=O) groups is 2. The summed E-state index contributed by atoms with van der Waals surface area (Å²) in [5.74, 6) is -0.289. The third-order valence-corrected chi connectivity index (χ3v) is 2.74. The van der Waals surface area contributed by atoms with Gasteiger partial charge in [-0.25, -0.2) is 14.6 Å². The lowest BCUT2D eigenvalue weighted by atomic mass is 10.2. The fraction of sp³-hybridized carbons (Fsp3) is 0.500. The number of carbonyl (C=O) groups excluding carboxylic acids is 2. The molecule has 0 aromatic heterocycles. The molecule has 0 radical (unpaired) electrons. The smallest absolute Gasteiger partial charge is 0.414 e. The first-order valence-corrected chi connectivity index (χ1v) is 8.49. The number of nitrogens with zero attached hydrogens (tertiary/aromatic N) is 2. The third-order valence-electron chi connectivity index (χ3n) is 2.74. The molecule has 1 aromatic rings. The van der Waals surface area contributed by atoms with Gasteiger partial charge in [-0.15, -0.1) is 0 Å². The van der Waals surface area contributed by atoms with Crippen molar-refractivity contribution in [2.75, 3.05) is 0 Å². The van der Waals surface area contributed by atoms with E-state index in [0.29, 0.717) is 5.56 Å². The Morgan fingerprint density at radius 2 is 1.43 bits per heavy atom. The summed E-state index contributed by atoms with van der Waals surface area (Å²) in [4.78, 5) is 38.7. The SMILES string of the molecule is Cc1cc(N=C(NC(=O)OC(C)(C)C)NC(=O)OC(C)(C)C)cc([N+](=O)[O-])c1. The number of hydrogen-bond acceptors (Lipinski definition) is 7. The second-order valence-electron chi connectivity index (χ2n) is 8.00. The van der Waals surface area contributed by atoms with Crippen LogP contribution in [0.4, 0.5) is 21.0 Å². The number of ether oxygens (including phenoxy) is 2. The Hall–Kier alpha value is -3.17. The summed E-state index contributed by atoms with van der Waals surface area (Å²) in [6.07, 6.45) is -1.71. The third kappa shape index (κ3) is 8.97. The molecule has 0 saturated heterocycles. The van der Waals surface area contributed by atoms with Crippen molar-refractivity contribution in [3.8, 4) is 0 Å². The van der Waals surface area contributed by atoms with Gasteiger partial charge in [0, 0.05) is 12.1 Å². The molecule has 0 aliphatic heterocycles. The molecule has 10 heteroatoms. The number of hydrogen-bond donors (Lipinski definition) is 2. The van der Waals surface area contributed by atoms with Gasteiger partial charge in [-0.3, -0.25) is 20.7 Å². The summed E-state index contributed by atoms with van der Waals surface area (Å²) in [5, 5.41) is 15.7. The second-order valence-corrected chi connectivity index (χ2v) is 8.00. The number of nitro benzene ring substituents is 1. The number of alkyl carbamates (subject to hydrolysis) is 2. The summed E-state index contributed by atoms with van der Waals surface area (Å²) in [6, 6.07) is 4.14. The van der Waals surface area contributed by atoms with Crippen LogP contribution in [0.2, 0.25) is 0 Å². The standard InChI is InChI=1S/C18H26N4O6/c1-11-8-12(10-13(9-11)22(25)26)19-14(20-15(23)27-17(2,3)4)21-16(24)28-18(5,6)7/h8-10H,1-7H3,(H2,19,20,21,23,24). The predicted octanol–water partition coefficient (Wildman–Crippen LogP) is 3.94. The van der Waals surface area contributed by atoms with Gasteiger partial charge in [-0.2, -0.15) is 0 Å². The number of aliphatic imine (C=N–C) groups is 1. The Bertz CT molecular complexity index is 758. The number of non-ortho nitro benzene ring substituents is 1. The van der Waals surface area contributed by atoms with Crippen molar-refractivity contribution in [2.24, 2.45) is 4.99 Å². The number of nitrogens with one attached hydrogen (secondary N) is 2. The number of rotatable bonds is 2. The summed E-state index contributed by atoms with van der Waals surface area (Å²) in [7, 11) is 0. The summed E-state index contributed by atoms with van der Waals surface area (Å²) in [6.45, 7) is 11.7. The normalized spacial score (nSPS) is 11.2. The van der Waals surface area contributed by atoms with E-state index in [9.17, 15) is 19.7 Å². The lowest BCUT2D eigenvalue weighted by Crippen LogP contribution is -2.47. The highest BCUT2D eigenvalue weighted by Gasteiger charge is 2.21. The lowest BCUT2D eigenvalue weighted by Gasteiger charge is -2.22.